The van der Waals surface area contributed by atoms with Gasteiger partial charge in [0.2, 0.25) is 0 Å². The molecule has 0 aromatic carbocycles. The molecule has 0 fully saturated rings. The van der Waals surface area contributed by atoms with Crippen molar-refractivity contribution in [2.45, 2.75) is 0 Å². The van der Waals surface area contributed by atoms with Gasteiger partial charge in [-0.15, -0.1) is 0 Å². The molecule has 0 N–H and O–H groups in total. The molecule has 0 amide bonds. The van der Waals surface area contributed by atoms with Gasteiger partial charge in [-0.25, -0.2) is 0 Å². The summed E-state index contributed by atoms with van der Waals surface area (Å²) < 4.78 is 8.55. The van der Waals surface area contributed by atoms with Crippen molar-refractivity contribution in [3.63, 3.8) is 0 Å². The smallest absolute Gasteiger partial charge is 0.822 e. The Hall–Kier alpha value is 2.16. The SMILES string of the molecule is O=P([O-])([O-])[O-].[Cs+].[H+].[H+]. The fourth-order valence-corrected chi connectivity index (χ4v) is 0. The maximum absolute atomic E-state index is 8.55. The number of rotatable bonds is 0. The van der Waals surface area contributed by atoms with Crippen LogP contribution in [0.1, 0.15) is 2.85 Å². The molecule has 0 spiro atoms. The summed E-state index contributed by atoms with van der Waals surface area (Å²) in [4.78, 5) is 25.6. The van der Waals surface area contributed by atoms with Crippen LogP contribution in [0.5, 0.6) is 0 Å². The Labute approximate surface area is 96.6 Å². The van der Waals surface area contributed by atoms with E-state index in [1.54, 1.807) is 0 Å². The quantitative estimate of drug-likeness (QED) is 0.388. The summed E-state index contributed by atoms with van der Waals surface area (Å²) in [6.07, 6.45) is 0. The van der Waals surface area contributed by atoms with E-state index in [-0.39, 0.29) is 71.7 Å². The van der Waals surface area contributed by atoms with Gasteiger partial charge in [0.25, 0.3) is 0 Å². The molecular formula is H2CsO4P. The molecule has 0 aliphatic heterocycles. The van der Waals surface area contributed by atoms with Crippen molar-refractivity contribution in [2.75, 3.05) is 0 Å². The summed E-state index contributed by atoms with van der Waals surface area (Å²) in [5, 5.41) is 0. The molecule has 0 rings (SSSR count). The van der Waals surface area contributed by atoms with Crippen molar-refractivity contribution in [2.24, 2.45) is 0 Å². The first-order chi connectivity index (χ1) is 2.00. The van der Waals surface area contributed by atoms with Gasteiger partial charge in [-0.1, -0.05) is 0 Å². The summed E-state index contributed by atoms with van der Waals surface area (Å²) in [5.74, 6) is 0. The zero-order valence-corrected chi connectivity index (χ0v) is 10.3. The van der Waals surface area contributed by atoms with E-state index in [1.165, 1.54) is 0 Å². The number of hydrogen-bond donors (Lipinski definition) is 0. The average Bonchev–Trinajstić information content (AvgIpc) is 0.722. The molecule has 0 saturated carbocycles. The summed E-state index contributed by atoms with van der Waals surface area (Å²) in [7, 11) is -5.39. The van der Waals surface area contributed by atoms with Crippen LogP contribution in [0.2, 0.25) is 0 Å². The van der Waals surface area contributed by atoms with E-state index in [0.717, 1.165) is 0 Å². The van der Waals surface area contributed by atoms with Crippen molar-refractivity contribution in [1.82, 2.24) is 0 Å². The van der Waals surface area contributed by atoms with Crippen LogP contribution in [0.25, 0.3) is 0 Å². The van der Waals surface area contributed by atoms with Gasteiger partial charge >= 0.3 is 71.7 Å². The zero-order valence-electron chi connectivity index (χ0n) is 5.08. The van der Waals surface area contributed by atoms with Crippen molar-refractivity contribution in [3.8, 4) is 0 Å². The molecule has 0 radical (unpaired) electrons. The largest absolute Gasteiger partial charge is 1.00 e. The molecule has 4 nitrogen and oxygen atoms in total. The second-order valence-corrected chi connectivity index (χ2v) is 1.34. The van der Waals surface area contributed by atoms with Crippen molar-refractivity contribution >= 4 is 7.82 Å². The molecule has 6 heteroatoms. The van der Waals surface area contributed by atoms with Crippen LogP contribution in [0.3, 0.4) is 0 Å². The molecule has 0 aromatic rings. The minimum atomic E-state index is -5.39. The van der Waals surface area contributed by atoms with Gasteiger partial charge in [0.1, 0.15) is 0 Å². The van der Waals surface area contributed by atoms with Crippen LogP contribution in [0.4, 0.5) is 0 Å². The Balaban J connectivity index is -0.0000000267. The number of hydrogen-bond acceptors (Lipinski definition) is 4. The van der Waals surface area contributed by atoms with E-state index in [4.69, 9.17) is 19.2 Å². The molecular weight excluding hydrogens is 228 g/mol. The third kappa shape index (κ3) is 35.1. The van der Waals surface area contributed by atoms with E-state index in [1.807, 2.05) is 0 Å². The topological polar surface area (TPSA) is 86.2 Å². The van der Waals surface area contributed by atoms with E-state index >= 15 is 0 Å². The molecule has 0 aromatic heterocycles. The Bertz CT molecular complexity index is 60.2. The van der Waals surface area contributed by atoms with Crippen LogP contribution in [-0.4, -0.2) is 0 Å². The number of phosphoric acid groups is 1. The van der Waals surface area contributed by atoms with Crippen LogP contribution < -0.4 is 83.6 Å². The Kier molecular flexibility index (Phi) is 7.50. The van der Waals surface area contributed by atoms with E-state index in [2.05, 4.69) is 0 Å². The molecule has 0 aliphatic rings. The van der Waals surface area contributed by atoms with Crippen LogP contribution in [0.15, 0.2) is 0 Å². The first-order valence-electron chi connectivity index (χ1n) is 0.730. The van der Waals surface area contributed by atoms with Crippen LogP contribution >= 0.6 is 7.82 Å². The first kappa shape index (κ1) is 11.0. The fourth-order valence-electron chi connectivity index (χ4n) is 0. The molecule has 0 unspecified atom stereocenters. The minimum Gasteiger partial charge on any atom is -0.822 e. The summed E-state index contributed by atoms with van der Waals surface area (Å²) in [5.41, 5.74) is 0. The van der Waals surface area contributed by atoms with Crippen LogP contribution in [0, 0.1) is 0 Å². The van der Waals surface area contributed by atoms with Crippen molar-refractivity contribution < 1.29 is 91.0 Å². The second kappa shape index (κ2) is 4.08. The molecule has 0 bridgehead atoms. The molecule has 0 aliphatic carbocycles. The van der Waals surface area contributed by atoms with Gasteiger partial charge in [-0.3, -0.25) is 0 Å². The third-order valence-corrected chi connectivity index (χ3v) is 0. The zero-order chi connectivity index (χ0) is 4.50. The second-order valence-electron chi connectivity index (χ2n) is 0.447. The molecule has 6 heavy (non-hydrogen) atoms. The monoisotopic (exact) mass is 230 g/mol. The Morgan fingerprint density at radius 3 is 1.33 bits per heavy atom. The summed E-state index contributed by atoms with van der Waals surface area (Å²) in [6.45, 7) is 0. The maximum atomic E-state index is 8.55. The van der Waals surface area contributed by atoms with Gasteiger partial charge in [-0.2, -0.15) is 7.82 Å². The maximum Gasteiger partial charge on any atom is 1.00 e. The van der Waals surface area contributed by atoms with Gasteiger partial charge in [0.05, 0.1) is 0 Å². The van der Waals surface area contributed by atoms with Gasteiger partial charge < -0.3 is 19.2 Å². The molecule has 0 heterocycles. The summed E-state index contributed by atoms with van der Waals surface area (Å²) >= 11 is 0. The normalized spacial score (nSPS) is 9.83. The molecule has 32 valence electrons. The summed E-state index contributed by atoms with van der Waals surface area (Å²) in [6, 6.07) is 0. The Morgan fingerprint density at radius 1 is 1.33 bits per heavy atom. The average molecular weight is 230 g/mol. The van der Waals surface area contributed by atoms with Gasteiger partial charge in [0.15, 0.2) is 0 Å². The van der Waals surface area contributed by atoms with E-state index in [9.17, 15) is 0 Å². The van der Waals surface area contributed by atoms with Gasteiger partial charge in [-0.05, 0) is 0 Å². The first-order valence-corrected chi connectivity index (χ1v) is 2.19. The van der Waals surface area contributed by atoms with E-state index in [0.29, 0.717) is 0 Å². The van der Waals surface area contributed by atoms with Crippen molar-refractivity contribution in [3.05, 3.63) is 0 Å². The third-order valence-electron chi connectivity index (χ3n) is 0. The molecule has 0 saturated heterocycles. The van der Waals surface area contributed by atoms with Gasteiger partial charge in [0, 0.05) is 0 Å². The minimum absolute atomic E-state index is 0. The fraction of sp³-hybridized carbons (Fsp3) is 0. The van der Waals surface area contributed by atoms with E-state index < -0.39 is 7.82 Å². The van der Waals surface area contributed by atoms with Crippen LogP contribution in [-0.2, 0) is 4.57 Å². The predicted octanol–water partition coefficient (Wildman–Crippen LogP) is -5.60. The standard InChI is InChI=1S/Cs.H3O4P/c;1-5(2,3)4/h;(H3,1,2,3,4)/q+1;/p-1. The predicted molar refractivity (Wildman–Crippen MR) is 9.83 cm³/mol. The molecule has 0 atom stereocenters. The van der Waals surface area contributed by atoms with Crippen molar-refractivity contribution in [1.29, 1.82) is 0 Å². The Morgan fingerprint density at radius 2 is 1.33 bits per heavy atom.